The van der Waals surface area contributed by atoms with Crippen molar-refractivity contribution in [3.63, 3.8) is 0 Å². The highest BCUT2D eigenvalue weighted by Gasteiger charge is 2.13. The summed E-state index contributed by atoms with van der Waals surface area (Å²) in [5.41, 5.74) is 0.106. The Bertz CT molecular complexity index is 513. The predicted octanol–water partition coefficient (Wildman–Crippen LogP) is 1.78. The molecule has 0 aliphatic heterocycles. The quantitative estimate of drug-likeness (QED) is 0.883. The molecule has 4 nitrogen and oxygen atoms in total. The van der Waals surface area contributed by atoms with Gasteiger partial charge in [-0.2, -0.15) is 0 Å². The first-order chi connectivity index (χ1) is 8.20. The van der Waals surface area contributed by atoms with Crippen LogP contribution >= 0.6 is 0 Å². The van der Waals surface area contributed by atoms with Crippen molar-refractivity contribution >= 4 is 0 Å². The maximum atomic E-state index is 13.4. The Hall–Kier alpha value is -1.82. The molecule has 0 amide bonds. The summed E-state index contributed by atoms with van der Waals surface area (Å²) in [6.45, 7) is 0.688. The van der Waals surface area contributed by atoms with Gasteiger partial charge < -0.3 is 9.73 Å². The highest BCUT2D eigenvalue weighted by molar-refractivity contribution is 5.53. The zero-order valence-electron chi connectivity index (χ0n) is 9.20. The first kappa shape index (κ1) is 11.7. The van der Waals surface area contributed by atoms with E-state index in [1.54, 1.807) is 7.05 Å². The molecule has 2 rings (SSSR count). The van der Waals surface area contributed by atoms with E-state index < -0.39 is 11.6 Å². The zero-order chi connectivity index (χ0) is 12.3. The van der Waals surface area contributed by atoms with Crippen LogP contribution in [-0.4, -0.2) is 23.8 Å². The van der Waals surface area contributed by atoms with Crippen LogP contribution in [0.25, 0.3) is 11.5 Å². The average molecular weight is 239 g/mol. The van der Waals surface area contributed by atoms with Crippen molar-refractivity contribution in [2.75, 3.05) is 13.6 Å². The summed E-state index contributed by atoms with van der Waals surface area (Å²) in [7, 11) is 1.80. The molecule has 0 radical (unpaired) electrons. The molecule has 0 spiro atoms. The van der Waals surface area contributed by atoms with E-state index in [-0.39, 0.29) is 11.5 Å². The smallest absolute Gasteiger partial charge is 0.250 e. The lowest BCUT2D eigenvalue weighted by Crippen LogP contribution is -2.10. The Morgan fingerprint density at radius 1 is 1.29 bits per heavy atom. The molecule has 17 heavy (non-hydrogen) atoms. The highest BCUT2D eigenvalue weighted by atomic mass is 19.1. The van der Waals surface area contributed by atoms with E-state index in [0.717, 1.165) is 12.1 Å². The molecule has 90 valence electrons. The Kier molecular flexibility index (Phi) is 3.43. The zero-order valence-corrected chi connectivity index (χ0v) is 9.20. The standard InChI is InChI=1S/C11H11F2N3O/c1-14-5-4-10-15-16-11(17-10)8-3-2-7(12)6-9(8)13/h2-3,6,14H,4-5H2,1H3. The average Bonchev–Trinajstić information content (AvgIpc) is 2.75. The number of nitrogens with one attached hydrogen (secondary N) is 1. The van der Waals surface area contributed by atoms with Gasteiger partial charge in [0, 0.05) is 19.0 Å². The molecule has 1 N–H and O–H groups in total. The Balaban J connectivity index is 2.24. The van der Waals surface area contributed by atoms with Gasteiger partial charge in [0.05, 0.1) is 5.56 Å². The Morgan fingerprint density at radius 2 is 2.12 bits per heavy atom. The Morgan fingerprint density at radius 3 is 2.82 bits per heavy atom. The number of halogens is 2. The summed E-state index contributed by atoms with van der Waals surface area (Å²) in [5.74, 6) is -0.873. The molecule has 0 atom stereocenters. The van der Waals surface area contributed by atoms with E-state index in [4.69, 9.17) is 4.42 Å². The van der Waals surface area contributed by atoms with Crippen LogP contribution in [0, 0.1) is 11.6 Å². The van der Waals surface area contributed by atoms with Crippen LogP contribution in [0.5, 0.6) is 0 Å². The number of rotatable bonds is 4. The minimum atomic E-state index is -0.714. The monoisotopic (exact) mass is 239 g/mol. The lowest BCUT2D eigenvalue weighted by Gasteiger charge is -1.97. The fourth-order valence-electron chi connectivity index (χ4n) is 1.36. The Labute approximate surface area is 96.7 Å². The van der Waals surface area contributed by atoms with Gasteiger partial charge in [0.15, 0.2) is 0 Å². The second-order valence-electron chi connectivity index (χ2n) is 3.48. The number of likely N-dealkylation sites (N-methyl/N-ethyl adjacent to an activating group) is 1. The summed E-state index contributed by atoms with van der Waals surface area (Å²) in [5, 5.41) is 10.4. The van der Waals surface area contributed by atoms with Gasteiger partial charge >= 0.3 is 0 Å². The number of benzene rings is 1. The van der Waals surface area contributed by atoms with Crippen LogP contribution in [0.3, 0.4) is 0 Å². The summed E-state index contributed by atoms with van der Waals surface area (Å²) in [6, 6.07) is 3.21. The van der Waals surface area contributed by atoms with E-state index in [2.05, 4.69) is 15.5 Å². The molecule has 2 aromatic rings. The van der Waals surface area contributed by atoms with Gasteiger partial charge in [0.1, 0.15) is 11.6 Å². The van der Waals surface area contributed by atoms with Gasteiger partial charge in [0.25, 0.3) is 5.89 Å². The van der Waals surface area contributed by atoms with Gasteiger partial charge in [0.2, 0.25) is 5.89 Å². The SMILES string of the molecule is CNCCc1nnc(-c2ccc(F)cc2F)o1. The van der Waals surface area contributed by atoms with Crippen molar-refractivity contribution in [3.8, 4) is 11.5 Å². The van der Waals surface area contributed by atoms with Crippen molar-refractivity contribution in [2.45, 2.75) is 6.42 Å². The highest BCUT2D eigenvalue weighted by Crippen LogP contribution is 2.22. The fourth-order valence-corrected chi connectivity index (χ4v) is 1.36. The maximum absolute atomic E-state index is 13.4. The van der Waals surface area contributed by atoms with Crippen molar-refractivity contribution in [1.82, 2.24) is 15.5 Å². The van der Waals surface area contributed by atoms with Crippen LogP contribution in [0.2, 0.25) is 0 Å². The predicted molar refractivity (Wildman–Crippen MR) is 57.3 cm³/mol. The van der Waals surface area contributed by atoms with Crippen LogP contribution in [0.1, 0.15) is 5.89 Å². The van der Waals surface area contributed by atoms with Crippen molar-refractivity contribution < 1.29 is 13.2 Å². The summed E-state index contributed by atoms with van der Waals surface area (Å²) < 4.78 is 31.4. The fraction of sp³-hybridized carbons (Fsp3) is 0.273. The molecule has 1 aromatic carbocycles. The summed E-state index contributed by atoms with van der Waals surface area (Å²) in [4.78, 5) is 0. The minimum Gasteiger partial charge on any atom is -0.421 e. The lowest BCUT2D eigenvalue weighted by molar-refractivity contribution is 0.495. The third kappa shape index (κ3) is 2.65. The number of hydrogen-bond donors (Lipinski definition) is 1. The molecule has 0 saturated carbocycles. The molecule has 0 unspecified atom stereocenters. The van der Waals surface area contributed by atoms with E-state index in [1.807, 2.05) is 0 Å². The number of aromatic nitrogens is 2. The van der Waals surface area contributed by atoms with Gasteiger partial charge in [-0.1, -0.05) is 0 Å². The second kappa shape index (κ2) is 5.01. The van der Waals surface area contributed by atoms with Crippen LogP contribution in [-0.2, 0) is 6.42 Å². The molecular formula is C11H11F2N3O. The largest absolute Gasteiger partial charge is 0.421 e. The van der Waals surface area contributed by atoms with E-state index in [1.165, 1.54) is 6.07 Å². The molecule has 0 aliphatic rings. The van der Waals surface area contributed by atoms with Gasteiger partial charge in [-0.15, -0.1) is 10.2 Å². The molecular weight excluding hydrogens is 228 g/mol. The van der Waals surface area contributed by atoms with Crippen LogP contribution < -0.4 is 5.32 Å². The minimum absolute atomic E-state index is 0.0635. The number of nitrogens with zero attached hydrogens (tertiary/aromatic N) is 2. The van der Waals surface area contributed by atoms with Gasteiger partial charge in [-0.05, 0) is 19.2 Å². The summed E-state index contributed by atoms with van der Waals surface area (Å²) >= 11 is 0. The first-order valence-electron chi connectivity index (χ1n) is 5.13. The van der Waals surface area contributed by atoms with Gasteiger partial charge in [-0.25, -0.2) is 8.78 Å². The summed E-state index contributed by atoms with van der Waals surface area (Å²) in [6.07, 6.45) is 0.562. The molecule has 0 saturated heterocycles. The molecule has 0 bridgehead atoms. The topological polar surface area (TPSA) is 51.0 Å². The van der Waals surface area contributed by atoms with E-state index in [0.29, 0.717) is 18.9 Å². The van der Waals surface area contributed by atoms with E-state index in [9.17, 15) is 8.78 Å². The molecule has 6 heteroatoms. The van der Waals surface area contributed by atoms with E-state index >= 15 is 0 Å². The van der Waals surface area contributed by atoms with Crippen molar-refractivity contribution in [2.24, 2.45) is 0 Å². The van der Waals surface area contributed by atoms with Crippen molar-refractivity contribution in [1.29, 1.82) is 0 Å². The number of hydrogen-bond acceptors (Lipinski definition) is 4. The third-order valence-electron chi connectivity index (χ3n) is 2.22. The first-order valence-corrected chi connectivity index (χ1v) is 5.13. The van der Waals surface area contributed by atoms with Crippen LogP contribution in [0.4, 0.5) is 8.78 Å². The molecule has 0 fully saturated rings. The lowest BCUT2D eigenvalue weighted by atomic mass is 10.2. The second-order valence-corrected chi connectivity index (χ2v) is 3.48. The normalized spacial score (nSPS) is 10.8. The van der Waals surface area contributed by atoms with Crippen LogP contribution in [0.15, 0.2) is 22.6 Å². The molecule has 1 aromatic heterocycles. The third-order valence-corrected chi connectivity index (χ3v) is 2.22. The molecule has 1 heterocycles. The van der Waals surface area contributed by atoms with Gasteiger partial charge in [-0.3, -0.25) is 0 Å². The molecule has 0 aliphatic carbocycles. The van der Waals surface area contributed by atoms with Crippen molar-refractivity contribution in [3.05, 3.63) is 35.7 Å². The maximum Gasteiger partial charge on any atom is 0.250 e.